The predicted molar refractivity (Wildman–Crippen MR) is 100 cm³/mol. The van der Waals surface area contributed by atoms with Crippen molar-refractivity contribution in [1.29, 1.82) is 0 Å². The van der Waals surface area contributed by atoms with Crippen molar-refractivity contribution in [1.82, 2.24) is 15.0 Å². The number of carbonyl (C=O) groups excluding carboxylic acids is 1. The van der Waals surface area contributed by atoms with E-state index in [2.05, 4.69) is 10.1 Å². The van der Waals surface area contributed by atoms with Gasteiger partial charge in [-0.05, 0) is 35.9 Å². The summed E-state index contributed by atoms with van der Waals surface area (Å²) in [5.74, 6) is 1.40. The van der Waals surface area contributed by atoms with Crippen molar-refractivity contribution in [2.75, 3.05) is 13.3 Å². The first-order valence-electron chi connectivity index (χ1n) is 9.54. The van der Waals surface area contributed by atoms with E-state index in [0.29, 0.717) is 34.3 Å². The number of benzene rings is 2. The summed E-state index contributed by atoms with van der Waals surface area (Å²) in [6.07, 6.45) is -4.27. The molecule has 0 spiro atoms. The third kappa shape index (κ3) is 3.80. The lowest BCUT2D eigenvalue weighted by Crippen LogP contribution is -2.24. The molecule has 3 heterocycles. The van der Waals surface area contributed by atoms with Gasteiger partial charge in [0.05, 0.1) is 11.5 Å². The minimum atomic E-state index is -4.43. The largest absolute Gasteiger partial charge is 0.454 e. The number of carbonyl (C=O) groups is 1. The lowest BCUT2D eigenvalue weighted by atomic mass is 10.1. The first kappa shape index (κ1) is 19.4. The first-order valence-corrected chi connectivity index (χ1v) is 9.54. The molecule has 2 aromatic carbocycles. The number of hydrogen-bond acceptors (Lipinski definition) is 6. The highest BCUT2D eigenvalue weighted by atomic mass is 19.4. The lowest BCUT2D eigenvalue weighted by molar-refractivity contribution is -0.137. The number of likely N-dealkylation sites (tertiary alicyclic amines) is 1. The van der Waals surface area contributed by atoms with E-state index in [9.17, 15) is 18.0 Å². The molecule has 1 atom stereocenters. The van der Waals surface area contributed by atoms with Crippen LogP contribution in [0.2, 0.25) is 0 Å². The predicted octanol–water partition coefficient (Wildman–Crippen LogP) is 4.00. The summed E-state index contributed by atoms with van der Waals surface area (Å²) in [6, 6.07) is 10.3. The maximum atomic E-state index is 12.9. The SMILES string of the molecule is O=C1CC(c2nc(-c3ccc4c(c3)OCO4)no2)CN1Cc1cccc(C(F)(F)F)c1. The normalized spacial score (nSPS) is 18.1. The maximum Gasteiger partial charge on any atom is 0.416 e. The summed E-state index contributed by atoms with van der Waals surface area (Å²) in [7, 11) is 0. The first-order chi connectivity index (χ1) is 14.9. The van der Waals surface area contributed by atoms with Crippen molar-refractivity contribution < 1.29 is 32.0 Å². The molecule has 1 fully saturated rings. The quantitative estimate of drug-likeness (QED) is 0.622. The zero-order valence-corrected chi connectivity index (χ0v) is 16.1. The van der Waals surface area contributed by atoms with Gasteiger partial charge in [0.1, 0.15) is 0 Å². The molecule has 160 valence electrons. The molecule has 0 saturated carbocycles. The van der Waals surface area contributed by atoms with E-state index < -0.39 is 11.7 Å². The van der Waals surface area contributed by atoms with Gasteiger partial charge in [-0.15, -0.1) is 0 Å². The molecule has 31 heavy (non-hydrogen) atoms. The number of nitrogens with zero attached hydrogens (tertiary/aromatic N) is 3. The molecule has 1 amide bonds. The second kappa shape index (κ2) is 7.29. The maximum absolute atomic E-state index is 12.9. The molecule has 3 aromatic rings. The Hall–Kier alpha value is -3.56. The molecule has 0 radical (unpaired) electrons. The molecular formula is C21H16F3N3O4. The van der Waals surface area contributed by atoms with Crippen molar-refractivity contribution in [3.63, 3.8) is 0 Å². The average Bonchev–Trinajstić information content (AvgIpc) is 3.47. The van der Waals surface area contributed by atoms with Gasteiger partial charge in [-0.3, -0.25) is 4.79 Å². The number of hydrogen-bond donors (Lipinski definition) is 0. The minimum Gasteiger partial charge on any atom is -0.454 e. The van der Waals surface area contributed by atoms with Crippen LogP contribution in [0.15, 0.2) is 47.0 Å². The molecule has 2 aliphatic heterocycles. The fourth-order valence-corrected chi connectivity index (χ4v) is 3.71. The van der Waals surface area contributed by atoms with Crippen LogP contribution < -0.4 is 9.47 Å². The van der Waals surface area contributed by atoms with Crippen LogP contribution in [0.25, 0.3) is 11.4 Å². The Kier molecular flexibility index (Phi) is 4.57. The second-order valence-electron chi connectivity index (χ2n) is 7.40. The summed E-state index contributed by atoms with van der Waals surface area (Å²) >= 11 is 0. The van der Waals surface area contributed by atoms with E-state index in [4.69, 9.17) is 14.0 Å². The minimum absolute atomic E-state index is 0.0857. The van der Waals surface area contributed by atoms with E-state index in [0.717, 1.165) is 12.1 Å². The molecule has 0 aliphatic carbocycles. The fourth-order valence-electron chi connectivity index (χ4n) is 3.71. The third-order valence-corrected chi connectivity index (χ3v) is 5.26. The highest BCUT2D eigenvalue weighted by Crippen LogP contribution is 2.36. The monoisotopic (exact) mass is 431 g/mol. The summed E-state index contributed by atoms with van der Waals surface area (Å²) in [4.78, 5) is 18.3. The van der Waals surface area contributed by atoms with E-state index in [-0.39, 0.29) is 38.1 Å². The van der Waals surface area contributed by atoms with Crippen molar-refractivity contribution in [2.45, 2.75) is 25.1 Å². The van der Waals surface area contributed by atoms with Gasteiger partial charge in [0.2, 0.25) is 24.4 Å². The van der Waals surface area contributed by atoms with Crippen molar-refractivity contribution in [3.8, 4) is 22.9 Å². The Bertz CT molecular complexity index is 1140. The summed E-state index contributed by atoms with van der Waals surface area (Å²) in [5, 5.41) is 3.99. The van der Waals surface area contributed by atoms with Crippen LogP contribution in [0.5, 0.6) is 11.5 Å². The van der Waals surface area contributed by atoms with Crippen LogP contribution >= 0.6 is 0 Å². The average molecular weight is 431 g/mol. The molecule has 5 rings (SSSR count). The van der Waals surface area contributed by atoms with Gasteiger partial charge in [-0.25, -0.2) is 0 Å². The Labute approximate surface area is 174 Å². The van der Waals surface area contributed by atoms with Crippen LogP contribution in [0.1, 0.15) is 29.4 Å². The molecule has 1 aromatic heterocycles. The van der Waals surface area contributed by atoms with Gasteiger partial charge in [0.15, 0.2) is 11.5 Å². The number of amides is 1. The topological polar surface area (TPSA) is 77.7 Å². The second-order valence-corrected chi connectivity index (χ2v) is 7.40. The van der Waals surface area contributed by atoms with Gasteiger partial charge in [0, 0.05) is 25.1 Å². The van der Waals surface area contributed by atoms with E-state index in [1.807, 2.05) is 0 Å². The number of rotatable bonds is 4. The molecule has 1 saturated heterocycles. The molecule has 10 heteroatoms. The zero-order chi connectivity index (χ0) is 21.6. The molecular weight excluding hydrogens is 415 g/mol. The van der Waals surface area contributed by atoms with Crippen LogP contribution in [-0.4, -0.2) is 34.3 Å². The Morgan fingerprint density at radius 1 is 1.10 bits per heavy atom. The fraction of sp³-hybridized carbons (Fsp3) is 0.286. The van der Waals surface area contributed by atoms with E-state index in [1.54, 1.807) is 24.3 Å². The van der Waals surface area contributed by atoms with Gasteiger partial charge in [-0.2, -0.15) is 18.2 Å². The Morgan fingerprint density at radius 2 is 1.94 bits per heavy atom. The molecule has 1 unspecified atom stereocenters. The number of ether oxygens (including phenoxy) is 2. The van der Waals surface area contributed by atoms with Crippen LogP contribution in [0, 0.1) is 0 Å². The molecule has 0 N–H and O–H groups in total. The van der Waals surface area contributed by atoms with Crippen LogP contribution in [-0.2, 0) is 17.5 Å². The van der Waals surface area contributed by atoms with Crippen LogP contribution in [0.4, 0.5) is 13.2 Å². The highest BCUT2D eigenvalue weighted by molar-refractivity contribution is 5.79. The highest BCUT2D eigenvalue weighted by Gasteiger charge is 2.35. The van der Waals surface area contributed by atoms with Gasteiger partial charge < -0.3 is 18.9 Å². The number of halogens is 3. The summed E-state index contributed by atoms with van der Waals surface area (Å²) in [5.41, 5.74) is 0.360. The lowest BCUT2D eigenvalue weighted by Gasteiger charge is -2.17. The van der Waals surface area contributed by atoms with Gasteiger partial charge in [-0.1, -0.05) is 17.3 Å². The standard InChI is InChI=1S/C21H16F3N3O4/c22-21(23,24)15-3-1-2-12(6-15)9-27-10-14(8-18(27)28)20-25-19(26-31-20)13-4-5-16-17(7-13)30-11-29-16/h1-7,14H,8-11H2. The Balaban J connectivity index is 1.30. The zero-order valence-electron chi connectivity index (χ0n) is 16.1. The summed E-state index contributed by atoms with van der Waals surface area (Å²) in [6.45, 7) is 0.530. The van der Waals surface area contributed by atoms with Crippen LogP contribution in [0.3, 0.4) is 0 Å². The summed E-state index contributed by atoms with van der Waals surface area (Å²) < 4.78 is 54.8. The van der Waals surface area contributed by atoms with E-state index in [1.165, 1.54) is 11.0 Å². The van der Waals surface area contributed by atoms with Crippen molar-refractivity contribution >= 4 is 5.91 Å². The number of fused-ring (bicyclic) bond motifs is 1. The molecule has 0 bridgehead atoms. The molecule has 7 nitrogen and oxygen atoms in total. The Morgan fingerprint density at radius 3 is 2.77 bits per heavy atom. The van der Waals surface area contributed by atoms with Crippen molar-refractivity contribution in [3.05, 3.63) is 59.5 Å². The molecule has 2 aliphatic rings. The van der Waals surface area contributed by atoms with Crippen molar-refractivity contribution in [2.24, 2.45) is 0 Å². The van der Waals surface area contributed by atoms with E-state index >= 15 is 0 Å². The van der Waals surface area contributed by atoms with Gasteiger partial charge >= 0.3 is 6.18 Å². The number of alkyl halides is 3. The third-order valence-electron chi connectivity index (χ3n) is 5.26. The number of aromatic nitrogens is 2. The smallest absolute Gasteiger partial charge is 0.416 e. The van der Waals surface area contributed by atoms with Gasteiger partial charge in [0.25, 0.3) is 0 Å².